The number of anilines is 1. The summed E-state index contributed by atoms with van der Waals surface area (Å²) >= 11 is 0. The first-order valence-electron chi connectivity index (χ1n) is 7.36. The van der Waals surface area contributed by atoms with E-state index in [1.165, 1.54) is 4.90 Å². The third-order valence-corrected chi connectivity index (χ3v) is 3.54. The Labute approximate surface area is 139 Å². The average Bonchev–Trinajstić information content (AvgIpc) is 2.56. The van der Waals surface area contributed by atoms with Crippen LogP contribution in [0.2, 0.25) is 0 Å². The molecule has 0 aliphatic carbocycles. The van der Waals surface area contributed by atoms with Gasteiger partial charge in [0.15, 0.2) is 0 Å². The lowest BCUT2D eigenvalue weighted by Gasteiger charge is -2.24. The lowest BCUT2D eigenvalue weighted by atomic mass is 10.1. The largest absolute Gasteiger partial charge is 0.480 e. The summed E-state index contributed by atoms with van der Waals surface area (Å²) in [6.07, 6.45) is 0.480. The average molecular weight is 327 g/mol. The molecule has 2 aromatic rings. The number of hydrogen-bond donors (Lipinski definition) is 2. The molecule has 0 atom stereocenters. The van der Waals surface area contributed by atoms with Crippen LogP contribution in [0.15, 0.2) is 60.7 Å². The number of carboxylic acid groups (broad SMARTS) is 2. The molecule has 0 fully saturated rings. The molecule has 2 aromatic carbocycles. The SMILES string of the molecule is O=C(O)C(C(=O)O)C(=O)N(CCc1ccccc1)c1ccccc1. The van der Waals surface area contributed by atoms with Crippen LogP contribution < -0.4 is 4.90 Å². The first kappa shape index (κ1) is 17.2. The number of rotatable bonds is 7. The van der Waals surface area contributed by atoms with Crippen molar-refractivity contribution in [1.82, 2.24) is 0 Å². The lowest BCUT2D eigenvalue weighted by molar-refractivity contribution is -0.157. The number of carbonyl (C=O) groups is 3. The molecule has 2 N–H and O–H groups in total. The molecule has 6 heteroatoms. The van der Waals surface area contributed by atoms with Gasteiger partial charge in [-0.05, 0) is 24.1 Å². The fourth-order valence-electron chi connectivity index (χ4n) is 2.33. The van der Waals surface area contributed by atoms with Crippen LogP contribution in [0.1, 0.15) is 5.56 Å². The van der Waals surface area contributed by atoms with E-state index >= 15 is 0 Å². The summed E-state index contributed by atoms with van der Waals surface area (Å²) in [5, 5.41) is 18.1. The van der Waals surface area contributed by atoms with Crippen LogP contribution in [0.5, 0.6) is 0 Å². The van der Waals surface area contributed by atoms with Gasteiger partial charge in [0.1, 0.15) is 0 Å². The molecular weight excluding hydrogens is 310 g/mol. The summed E-state index contributed by atoms with van der Waals surface area (Å²) in [7, 11) is 0. The van der Waals surface area contributed by atoms with Gasteiger partial charge in [-0.1, -0.05) is 48.5 Å². The van der Waals surface area contributed by atoms with E-state index in [2.05, 4.69) is 0 Å². The Morgan fingerprint density at radius 1 is 0.833 bits per heavy atom. The Morgan fingerprint density at radius 2 is 1.33 bits per heavy atom. The molecule has 124 valence electrons. The molecule has 1 amide bonds. The quantitative estimate of drug-likeness (QED) is 0.759. The van der Waals surface area contributed by atoms with Crippen molar-refractivity contribution in [1.29, 1.82) is 0 Å². The van der Waals surface area contributed by atoms with Crippen molar-refractivity contribution in [2.75, 3.05) is 11.4 Å². The third-order valence-electron chi connectivity index (χ3n) is 3.54. The second-order valence-corrected chi connectivity index (χ2v) is 5.17. The van der Waals surface area contributed by atoms with Gasteiger partial charge in [-0.25, -0.2) is 0 Å². The molecule has 6 nitrogen and oxygen atoms in total. The number of carbonyl (C=O) groups excluding carboxylic acids is 1. The predicted octanol–water partition coefficient (Wildman–Crippen LogP) is 2.05. The Balaban J connectivity index is 2.27. The van der Waals surface area contributed by atoms with E-state index in [9.17, 15) is 14.4 Å². The molecule has 0 saturated carbocycles. The Kier molecular flexibility index (Phi) is 5.68. The number of nitrogens with zero attached hydrogens (tertiary/aromatic N) is 1. The van der Waals surface area contributed by atoms with E-state index in [1.54, 1.807) is 30.3 Å². The number of para-hydroxylation sites is 1. The molecule has 0 aromatic heterocycles. The Bertz CT molecular complexity index is 701. The monoisotopic (exact) mass is 327 g/mol. The second-order valence-electron chi connectivity index (χ2n) is 5.17. The van der Waals surface area contributed by atoms with Gasteiger partial charge in [0.05, 0.1) is 0 Å². The highest BCUT2D eigenvalue weighted by atomic mass is 16.4. The van der Waals surface area contributed by atoms with Crippen LogP contribution in [0.3, 0.4) is 0 Å². The van der Waals surface area contributed by atoms with Crippen molar-refractivity contribution >= 4 is 23.5 Å². The number of carboxylic acids is 2. The minimum atomic E-state index is -2.12. The van der Waals surface area contributed by atoms with Crippen LogP contribution >= 0.6 is 0 Å². The predicted molar refractivity (Wildman–Crippen MR) is 87.7 cm³/mol. The van der Waals surface area contributed by atoms with E-state index < -0.39 is 23.8 Å². The molecule has 0 bridgehead atoms. The van der Waals surface area contributed by atoms with E-state index in [0.717, 1.165) is 5.56 Å². The maximum absolute atomic E-state index is 12.5. The van der Waals surface area contributed by atoms with Gasteiger partial charge in [0.2, 0.25) is 5.92 Å². The minimum absolute atomic E-state index is 0.184. The van der Waals surface area contributed by atoms with Crippen molar-refractivity contribution in [3.63, 3.8) is 0 Å². The number of amides is 1. The first-order chi connectivity index (χ1) is 11.5. The standard InChI is InChI=1S/C18H17NO5/c20-16(15(17(21)22)18(23)24)19(14-9-5-2-6-10-14)12-11-13-7-3-1-4-8-13/h1-10,15H,11-12H2,(H,21,22)(H,23,24). The number of benzene rings is 2. The molecule has 0 radical (unpaired) electrons. The molecule has 0 saturated heterocycles. The third kappa shape index (κ3) is 4.19. The maximum Gasteiger partial charge on any atom is 0.327 e. The van der Waals surface area contributed by atoms with Gasteiger partial charge in [0.25, 0.3) is 5.91 Å². The second kappa shape index (κ2) is 7.92. The van der Waals surface area contributed by atoms with E-state index in [1.807, 2.05) is 30.3 Å². The molecular formula is C18H17NO5. The summed E-state index contributed by atoms with van der Waals surface area (Å²) in [6, 6.07) is 17.8. The fourth-order valence-corrected chi connectivity index (χ4v) is 2.33. The zero-order valence-electron chi connectivity index (χ0n) is 12.8. The maximum atomic E-state index is 12.5. The summed E-state index contributed by atoms with van der Waals surface area (Å²) in [5.41, 5.74) is 1.43. The van der Waals surface area contributed by atoms with Crippen LogP contribution in [-0.4, -0.2) is 34.6 Å². The highest BCUT2D eigenvalue weighted by Gasteiger charge is 2.37. The Morgan fingerprint density at radius 3 is 1.83 bits per heavy atom. The number of aliphatic carboxylic acids is 2. The van der Waals surface area contributed by atoms with Gasteiger partial charge >= 0.3 is 11.9 Å². The molecule has 0 heterocycles. The molecule has 24 heavy (non-hydrogen) atoms. The van der Waals surface area contributed by atoms with Gasteiger partial charge in [-0.2, -0.15) is 0 Å². The van der Waals surface area contributed by atoms with Crippen molar-refractivity contribution < 1.29 is 24.6 Å². The topological polar surface area (TPSA) is 94.9 Å². The summed E-state index contributed by atoms with van der Waals surface area (Å²) in [5.74, 6) is -6.43. The van der Waals surface area contributed by atoms with Gasteiger partial charge < -0.3 is 15.1 Å². The zero-order chi connectivity index (χ0) is 17.5. The summed E-state index contributed by atoms with van der Waals surface area (Å²) < 4.78 is 0. The van der Waals surface area contributed by atoms with Crippen LogP contribution in [0.25, 0.3) is 0 Å². The van der Waals surface area contributed by atoms with Gasteiger partial charge in [-0.3, -0.25) is 14.4 Å². The van der Waals surface area contributed by atoms with Crippen molar-refractivity contribution in [3.8, 4) is 0 Å². The minimum Gasteiger partial charge on any atom is -0.480 e. The van der Waals surface area contributed by atoms with Crippen LogP contribution in [0, 0.1) is 5.92 Å². The highest BCUT2D eigenvalue weighted by molar-refractivity contribution is 6.18. The number of hydrogen-bond acceptors (Lipinski definition) is 3. The molecule has 0 aliphatic rings. The molecule has 0 spiro atoms. The van der Waals surface area contributed by atoms with Crippen molar-refractivity contribution in [2.45, 2.75) is 6.42 Å². The van der Waals surface area contributed by atoms with Crippen LogP contribution in [-0.2, 0) is 20.8 Å². The Hall–Kier alpha value is -3.15. The smallest absolute Gasteiger partial charge is 0.327 e. The molecule has 2 rings (SSSR count). The fraction of sp³-hybridized carbons (Fsp3) is 0.167. The van der Waals surface area contributed by atoms with Gasteiger partial charge in [-0.15, -0.1) is 0 Å². The first-order valence-corrected chi connectivity index (χ1v) is 7.36. The van der Waals surface area contributed by atoms with E-state index in [0.29, 0.717) is 12.1 Å². The summed E-state index contributed by atoms with van der Waals surface area (Å²) in [4.78, 5) is 36.0. The molecule has 0 aliphatic heterocycles. The van der Waals surface area contributed by atoms with Crippen molar-refractivity contribution in [3.05, 3.63) is 66.2 Å². The van der Waals surface area contributed by atoms with Crippen molar-refractivity contribution in [2.24, 2.45) is 5.92 Å². The normalized spacial score (nSPS) is 10.4. The van der Waals surface area contributed by atoms with Gasteiger partial charge in [0, 0.05) is 12.2 Å². The van der Waals surface area contributed by atoms with E-state index in [-0.39, 0.29) is 6.54 Å². The highest BCUT2D eigenvalue weighted by Crippen LogP contribution is 2.18. The lowest BCUT2D eigenvalue weighted by Crippen LogP contribution is -2.44. The molecule has 0 unspecified atom stereocenters. The van der Waals surface area contributed by atoms with Crippen LogP contribution in [0.4, 0.5) is 5.69 Å². The summed E-state index contributed by atoms with van der Waals surface area (Å²) in [6.45, 7) is 0.184. The zero-order valence-corrected chi connectivity index (χ0v) is 12.8. The van der Waals surface area contributed by atoms with E-state index in [4.69, 9.17) is 10.2 Å².